The van der Waals surface area contributed by atoms with E-state index in [-0.39, 0.29) is 44.7 Å². The molecule has 2 atom stereocenters. The molecule has 7 aromatic rings. The van der Waals surface area contributed by atoms with Gasteiger partial charge in [0.1, 0.15) is 0 Å². The number of fused-ring (bicyclic) bond motifs is 7. The molecule has 0 radical (unpaired) electrons. The van der Waals surface area contributed by atoms with E-state index in [0.717, 1.165) is 12.8 Å². The van der Waals surface area contributed by atoms with Crippen LogP contribution in [0, 0.1) is 5.41 Å². The van der Waals surface area contributed by atoms with Crippen molar-refractivity contribution in [3.8, 4) is 11.1 Å². The van der Waals surface area contributed by atoms with Gasteiger partial charge in [-0.2, -0.15) is 0 Å². The fourth-order valence-electron chi connectivity index (χ4n) is 13.6. The fraction of sp³-hybridized carbons (Fsp3) is 0.373. The van der Waals surface area contributed by atoms with Gasteiger partial charge in [-0.25, -0.2) is 0 Å². The predicted octanol–water partition coefficient (Wildman–Crippen LogP) is 16.6. The molecule has 11 rings (SSSR count). The first-order valence-electron chi connectivity index (χ1n) is 26.5. The summed E-state index contributed by atoms with van der Waals surface area (Å²) in [7, 11) is 0. The third-order valence-corrected chi connectivity index (χ3v) is 17.3. The molecule has 1 saturated carbocycles. The van der Waals surface area contributed by atoms with Gasteiger partial charge in [0.15, 0.2) is 0 Å². The standard InChI is InChI=1S/C67H76BN3/c1-61(2,3)44-25-22-26-48(35-44)69-57-38-47(64(10,11)12)29-32-53(57)68-52-27-20-21-28-56(52)70(54-33-30-45(62(4,5)6)36-50(54)43-23-18-17-19-24-43)59-40-49(39-58(69)60(59)68)71-55-34-31-46(63(7,8)9)37-51(55)66(15)41-65(13,14)42-67(66,71)16/h17-40H,41-42H2,1-16H3. The van der Waals surface area contributed by atoms with Crippen LogP contribution in [0.3, 0.4) is 0 Å². The van der Waals surface area contributed by atoms with E-state index in [9.17, 15) is 0 Å². The molecule has 3 nitrogen and oxygen atoms in total. The van der Waals surface area contributed by atoms with Gasteiger partial charge in [-0.05, 0) is 151 Å². The van der Waals surface area contributed by atoms with Gasteiger partial charge >= 0.3 is 0 Å². The lowest BCUT2D eigenvalue weighted by Crippen LogP contribution is -2.61. The molecule has 0 bridgehead atoms. The number of para-hydroxylation sites is 1. The zero-order chi connectivity index (χ0) is 50.6. The van der Waals surface area contributed by atoms with E-state index in [1.54, 1.807) is 0 Å². The van der Waals surface area contributed by atoms with Gasteiger partial charge in [0.2, 0.25) is 0 Å². The van der Waals surface area contributed by atoms with Crippen molar-refractivity contribution in [2.45, 2.75) is 156 Å². The highest BCUT2D eigenvalue weighted by molar-refractivity contribution is 7.00. The lowest BCUT2D eigenvalue weighted by Gasteiger charge is -2.47. The molecule has 0 aromatic heterocycles. The van der Waals surface area contributed by atoms with E-state index in [1.807, 2.05) is 0 Å². The topological polar surface area (TPSA) is 9.72 Å². The average molecular weight is 934 g/mol. The van der Waals surface area contributed by atoms with Crippen LogP contribution >= 0.6 is 0 Å². The summed E-state index contributed by atoms with van der Waals surface area (Å²) in [6.07, 6.45) is 2.21. The first-order chi connectivity index (χ1) is 33.2. The van der Waals surface area contributed by atoms with Crippen LogP contribution in [0.2, 0.25) is 0 Å². The Balaban J connectivity index is 1.29. The third-order valence-electron chi connectivity index (χ3n) is 17.3. The molecule has 0 amide bonds. The molecule has 4 heteroatoms. The van der Waals surface area contributed by atoms with Crippen molar-refractivity contribution in [2.24, 2.45) is 5.41 Å². The SMILES string of the molecule is CC1(C)CC2(C)c3cc(C(C)(C)C)ccc3N(c3cc4c5c(c3)N(c3ccc(C(C)(C)C)cc3-c3ccccc3)c3ccccc3B5c3ccc(C(C)(C)C)cc3N4c3cccc(C(C)(C)C)c3)C2(C)C1. The molecule has 2 unspecified atom stereocenters. The largest absolute Gasteiger partial charge is 0.334 e. The zero-order valence-electron chi connectivity index (χ0n) is 45.7. The Hall–Kier alpha value is -6.00. The summed E-state index contributed by atoms with van der Waals surface area (Å²) in [5, 5.41) is 0. The monoisotopic (exact) mass is 934 g/mol. The first kappa shape index (κ1) is 47.3. The number of benzene rings is 7. The Morgan fingerprint density at radius 3 is 1.62 bits per heavy atom. The maximum Gasteiger partial charge on any atom is 0.252 e. The lowest BCUT2D eigenvalue weighted by atomic mass is 9.33. The van der Waals surface area contributed by atoms with E-state index in [1.165, 1.54) is 101 Å². The molecular formula is C67H76BN3. The van der Waals surface area contributed by atoms with Crippen LogP contribution in [0.5, 0.6) is 0 Å². The average Bonchev–Trinajstić information content (AvgIpc) is 3.61. The van der Waals surface area contributed by atoms with Crippen LogP contribution in [-0.4, -0.2) is 12.3 Å². The zero-order valence-corrected chi connectivity index (χ0v) is 45.7. The fourth-order valence-corrected chi connectivity index (χ4v) is 13.6. The van der Waals surface area contributed by atoms with Crippen LogP contribution in [0.4, 0.5) is 45.5 Å². The molecule has 71 heavy (non-hydrogen) atoms. The third kappa shape index (κ3) is 7.35. The Morgan fingerprint density at radius 2 is 0.958 bits per heavy atom. The second-order valence-corrected chi connectivity index (χ2v) is 27.2. The second kappa shape index (κ2) is 15.5. The minimum Gasteiger partial charge on any atom is -0.334 e. The van der Waals surface area contributed by atoms with Gasteiger partial charge in [0.05, 0.1) is 11.2 Å². The molecule has 1 aliphatic carbocycles. The molecule has 4 aliphatic rings. The van der Waals surface area contributed by atoms with Gasteiger partial charge in [-0.15, -0.1) is 0 Å². The highest BCUT2D eigenvalue weighted by Crippen LogP contribution is 2.67. The van der Waals surface area contributed by atoms with E-state index in [0.29, 0.717) is 0 Å². The van der Waals surface area contributed by atoms with Crippen LogP contribution < -0.4 is 31.1 Å². The first-order valence-corrected chi connectivity index (χ1v) is 26.5. The predicted molar refractivity (Wildman–Crippen MR) is 308 cm³/mol. The van der Waals surface area contributed by atoms with E-state index in [4.69, 9.17) is 0 Å². The Labute approximate surface area is 427 Å². The molecule has 362 valence electrons. The van der Waals surface area contributed by atoms with Gasteiger partial charge < -0.3 is 14.7 Å². The van der Waals surface area contributed by atoms with Crippen LogP contribution in [-0.2, 0) is 27.1 Å². The Morgan fingerprint density at radius 1 is 0.408 bits per heavy atom. The van der Waals surface area contributed by atoms with Crippen LogP contribution in [0.15, 0.2) is 146 Å². The van der Waals surface area contributed by atoms with E-state index in [2.05, 4.69) is 271 Å². The van der Waals surface area contributed by atoms with Crippen LogP contribution in [0.25, 0.3) is 11.1 Å². The molecule has 0 N–H and O–H groups in total. The molecule has 3 aliphatic heterocycles. The summed E-state index contributed by atoms with van der Waals surface area (Å²) in [4.78, 5) is 8.13. The Kier molecular flexibility index (Phi) is 10.3. The van der Waals surface area contributed by atoms with Crippen molar-refractivity contribution in [2.75, 3.05) is 14.7 Å². The number of hydrogen-bond donors (Lipinski definition) is 0. The molecule has 0 saturated heterocycles. The normalized spacial score (nSPS) is 20.1. The van der Waals surface area contributed by atoms with E-state index < -0.39 is 0 Å². The lowest BCUT2D eigenvalue weighted by molar-refractivity contribution is 0.330. The van der Waals surface area contributed by atoms with Crippen LogP contribution in [0.1, 0.15) is 151 Å². The molecular weight excluding hydrogens is 858 g/mol. The van der Waals surface area contributed by atoms with Gasteiger partial charge in [0, 0.05) is 50.8 Å². The highest BCUT2D eigenvalue weighted by Gasteiger charge is 2.64. The highest BCUT2D eigenvalue weighted by atomic mass is 15.3. The molecule has 0 spiro atoms. The summed E-state index contributed by atoms with van der Waals surface area (Å²) >= 11 is 0. The van der Waals surface area contributed by atoms with Gasteiger partial charge in [-0.3, -0.25) is 0 Å². The quantitative estimate of drug-likeness (QED) is 0.163. The minimum atomic E-state index is -0.195. The van der Waals surface area contributed by atoms with Crippen molar-refractivity contribution in [3.63, 3.8) is 0 Å². The maximum atomic E-state index is 2.82. The number of nitrogens with zero attached hydrogens (tertiary/aromatic N) is 3. The van der Waals surface area contributed by atoms with E-state index >= 15 is 0 Å². The van der Waals surface area contributed by atoms with Crippen molar-refractivity contribution in [3.05, 3.63) is 173 Å². The van der Waals surface area contributed by atoms with Crippen molar-refractivity contribution in [1.29, 1.82) is 0 Å². The smallest absolute Gasteiger partial charge is 0.252 e. The maximum absolute atomic E-state index is 2.82. The summed E-state index contributed by atoms with van der Waals surface area (Å²) in [5.74, 6) is 0. The number of hydrogen-bond acceptors (Lipinski definition) is 3. The summed E-state index contributed by atoms with van der Waals surface area (Å²) < 4.78 is 0. The minimum absolute atomic E-state index is 0.00747. The van der Waals surface area contributed by atoms with Gasteiger partial charge in [-0.1, -0.05) is 195 Å². The van der Waals surface area contributed by atoms with Crippen molar-refractivity contribution in [1.82, 2.24) is 0 Å². The molecule has 3 heterocycles. The molecule has 7 aromatic carbocycles. The molecule has 1 fully saturated rings. The second-order valence-electron chi connectivity index (χ2n) is 27.2. The van der Waals surface area contributed by atoms with Crippen molar-refractivity contribution < 1.29 is 0 Å². The number of rotatable bonds is 4. The summed E-state index contributed by atoms with van der Waals surface area (Å²) in [6.45, 7) is 38.4. The summed E-state index contributed by atoms with van der Waals surface area (Å²) in [6, 6.07) is 57.2. The number of anilines is 8. The van der Waals surface area contributed by atoms with Crippen molar-refractivity contribution >= 4 is 68.6 Å². The van der Waals surface area contributed by atoms with Gasteiger partial charge in [0.25, 0.3) is 6.71 Å². The summed E-state index contributed by atoms with van der Waals surface area (Å²) in [5.41, 5.74) is 23.1. The Bertz CT molecular complexity index is 3280.